The van der Waals surface area contributed by atoms with E-state index in [9.17, 15) is 14.4 Å². The first-order valence-electron chi connectivity index (χ1n) is 12.0. The number of ether oxygens (including phenoxy) is 1. The largest absolute Gasteiger partial charge is 0.353 e. The Morgan fingerprint density at radius 3 is 2.24 bits per heavy atom. The van der Waals surface area contributed by atoms with Gasteiger partial charge >= 0.3 is 0 Å². The van der Waals surface area contributed by atoms with Crippen molar-refractivity contribution in [3.05, 3.63) is 71.8 Å². The summed E-state index contributed by atoms with van der Waals surface area (Å²) in [4.78, 5) is 43.0. The molecule has 4 rings (SSSR count). The molecule has 2 aliphatic heterocycles. The number of nitrogens with zero attached hydrogens (tertiary/aromatic N) is 2. The molecule has 1 N–H and O–H groups in total. The second kappa shape index (κ2) is 10.4. The summed E-state index contributed by atoms with van der Waals surface area (Å²) in [7, 11) is 0. The molecule has 0 bridgehead atoms. The maximum Gasteiger partial charge on any atom is 0.256 e. The van der Waals surface area contributed by atoms with Crippen molar-refractivity contribution in [1.29, 1.82) is 0 Å². The first-order valence-corrected chi connectivity index (χ1v) is 12.0. The van der Waals surface area contributed by atoms with Gasteiger partial charge in [-0.2, -0.15) is 0 Å². The van der Waals surface area contributed by atoms with Crippen molar-refractivity contribution >= 4 is 17.7 Å². The molecular formula is C27H33N3O4. The van der Waals surface area contributed by atoms with E-state index in [1.54, 1.807) is 17.0 Å². The van der Waals surface area contributed by atoms with Crippen LogP contribution in [0.4, 0.5) is 0 Å². The molecule has 2 aliphatic rings. The fraction of sp³-hybridized carbons (Fsp3) is 0.444. The third-order valence-electron chi connectivity index (χ3n) is 6.59. The van der Waals surface area contributed by atoms with Crippen LogP contribution >= 0.6 is 0 Å². The van der Waals surface area contributed by atoms with Crippen LogP contribution < -0.4 is 5.32 Å². The third kappa shape index (κ3) is 5.14. The van der Waals surface area contributed by atoms with Crippen molar-refractivity contribution in [2.45, 2.75) is 51.4 Å². The van der Waals surface area contributed by atoms with Crippen LogP contribution in [0.5, 0.6) is 0 Å². The Hall–Kier alpha value is -3.19. The number of benzene rings is 2. The van der Waals surface area contributed by atoms with Gasteiger partial charge in [0, 0.05) is 44.5 Å². The van der Waals surface area contributed by atoms with Gasteiger partial charge in [0.1, 0.15) is 11.8 Å². The molecule has 3 amide bonds. The number of hydrogen-bond acceptors (Lipinski definition) is 4. The predicted molar refractivity (Wildman–Crippen MR) is 129 cm³/mol. The summed E-state index contributed by atoms with van der Waals surface area (Å²) < 4.78 is 6.24. The minimum absolute atomic E-state index is 0.126. The van der Waals surface area contributed by atoms with E-state index in [1.807, 2.05) is 67.3 Å². The number of likely N-dealkylation sites (tertiary alicyclic amines) is 1. The van der Waals surface area contributed by atoms with Crippen molar-refractivity contribution in [1.82, 2.24) is 15.1 Å². The molecule has 34 heavy (non-hydrogen) atoms. The molecule has 2 aromatic carbocycles. The summed E-state index contributed by atoms with van der Waals surface area (Å²) >= 11 is 0. The van der Waals surface area contributed by atoms with Crippen LogP contribution in [0.25, 0.3) is 0 Å². The average molecular weight is 464 g/mol. The van der Waals surface area contributed by atoms with E-state index < -0.39 is 11.8 Å². The van der Waals surface area contributed by atoms with Crippen LogP contribution in [0.3, 0.4) is 0 Å². The molecule has 0 aliphatic carbocycles. The Kier molecular flexibility index (Phi) is 7.32. The first-order chi connectivity index (χ1) is 16.4. The zero-order valence-electron chi connectivity index (χ0n) is 19.9. The van der Waals surface area contributed by atoms with Gasteiger partial charge in [-0.05, 0) is 23.6 Å². The zero-order chi connectivity index (χ0) is 24.1. The number of piperidine rings is 1. The van der Waals surface area contributed by atoms with Crippen LogP contribution in [-0.2, 0) is 20.9 Å². The third-order valence-corrected chi connectivity index (χ3v) is 6.59. The molecule has 1 unspecified atom stereocenters. The Morgan fingerprint density at radius 2 is 1.62 bits per heavy atom. The number of carbonyl (C=O) groups is 3. The fourth-order valence-electron chi connectivity index (χ4n) is 4.77. The van der Waals surface area contributed by atoms with Crippen LogP contribution in [-0.4, -0.2) is 59.0 Å². The van der Waals surface area contributed by atoms with Gasteiger partial charge in [-0.15, -0.1) is 0 Å². The summed E-state index contributed by atoms with van der Waals surface area (Å²) in [5.74, 6) is -0.0378. The SMILES string of the molecule is CC(C)CC(=O)N1CCC2(CC1)OCC(C(=O)NCc1ccccc1)N2C(=O)c1ccccc1. The molecule has 180 valence electrons. The van der Waals surface area contributed by atoms with E-state index in [0.29, 0.717) is 50.4 Å². The van der Waals surface area contributed by atoms with Crippen molar-refractivity contribution < 1.29 is 19.1 Å². The summed E-state index contributed by atoms with van der Waals surface area (Å²) in [6.45, 7) is 5.59. The summed E-state index contributed by atoms with van der Waals surface area (Å²) in [5, 5.41) is 2.97. The molecule has 2 aromatic rings. The highest BCUT2D eigenvalue weighted by atomic mass is 16.5. The Morgan fingerprint density at radius 1 is 1.00 bits per heavy atom. The van der Waals surface area contributed by atoms with Crippen molar-refractivity contribution in [3.63, 3.8) is 0 Å². The van der Waals surface area contributed by atoms with Gasteiger partial charge in [-0.1, -0.05) is 62.4 Å². The number of amides is 3. The molecule has 7 heteroatoms. The van der Waals surface area contributed by atoms with E-state index in [-0.39, 0.29) is 24.3 Å². The van der Waals surface area contributed by atoms with Crippen LogP contribution in [0.15, 0.2) is 60.7 Å². The number of rotatable bonds is 6. The Labute approximate surface area is 201 Å². The summed E-state index contributed by atoms with van der Waals surface area (Å²) in [6, 6.07) is 18.0. The standard InChI is InChI=1S/C27H33N3O4/c1-20(2)17-24(31)29-15-13-27(14-16-29)30(26(33)22-11-7-4-8-12-22)23(19-34-27)25(32)28-18-21-9-5-3-6-10-21/h3-12,20,23H,13-19H2,1-2H3,(H,28,32). The van der Waals surface area contributed by atoms with Crippen LogP contribution in [0, 0.1) is 5.92 Å². The van der Waals surface area contributed by atoms with Gasteiger partial charge in [0.2, 0.25) is 11.8 Å². The molecule has 0 saturated carbocycles. The lowest BCUT2D eigenvalue weighted by Gasteiger charge is -2.44. The maximum atomic E-state index is 13.7. The normalized spacial score (nSPS) is 19.4. The lowest BCUT2D eigenvalue weighted by atomic mass is 9.96. The molecule has 2 saturated heterocycles. The lowest BCUT2D eigenvalue weighted by Crippen LogP contribution is -2.59. The zero-order valence-corrected chi connectivity index (χ0v) is 19.9. The maximum absolute atomic E-state index is 13.7. The quantitative estimate of drug-likeness (QED) is 0.714. The monoisotopic (exact) mass is 463 g/mol. The van der Waals surface area contributed by atoms with E-state index >= 15 is 0 Å². The van der Waals surface area contributed by atoms with Gasteiger partial charge < -0.3 is 15.0 Å². The van der Waals surface area contributed by atoms with E-state index in [1.165, 1.54) is 0 Å². The van der Waals surface area contributed by atoms with Gasteiger partial charge in [-0.3, -0.25) is 19.3 Å². The highest BCUT2D eigenvalue weighted by Crippen LogP contribution is 2.38. The summed E-state index contributed by atoms with van der Waals surface area (Å²) in [6.07, 6.45) is 1.47. The van der Waals surface area contributed by atoms with Gasteiger partial charge in [0.05, 0.1) is 6.61 Å². The van der Waals surface area contributed by atoms with E-state index in [2.05, 4.69) is 5.32 Å². The first kappa shape index (κ1) is 24.0. The fourth-order valence-corrected chi connectivity index (χ4v) is 4.77. The number of hydrogen-bond donors (Lipinski definition) is 1. The van der Waals surface area contributed by atoms with Crippen LogP contribution in [0.1, 0.15) is 49.0 Å². The minimum atomic E-state index is -0.893. The second-order valence-electron chi connectivity index (χ2n) is 9.50. The molecular weight excluding hydrogens is 430 g/mol. The predicted octanol–water partition coefficient (Wildman–Crippen LogP) is 3.21. The summed E-state index contributed by atoms with van der Waals surface area (Å²) in [5.41, 5.74) is 0.616. The van der Waals surface area contributed by atoms with Crippen molar-refractivity contribution in [3.8, 4) is 0 Å². The topological polar surface area (TPSA) is 79.0 Å². The molecule has 2 heterocycles. The molecule has 7 nitrogen and oxygen atoms in total. The molecule has 0 aromatic heterocycles. The van der Waals surface area contributed by atoms with Crippen LogP contribution in [0.2, 0.25) is 0 Å². The molecule has 1 spiro atoms. The highest BCUT2D eigenvalue weighted by molar-refractivity contribution is 5.98. The van der Waals surface area contributed by atoms with Gasteiger partial charge in [0.25, 0.3) is 5.91 Å². The van der Waals surface area contributed by atoms with Crippen molar-refractivity contribution in [2.75, 3.05) is 19.7 Å². The lowest BCUT2D eigenvalue weighted by molar-refractivity contribution is -0.144. The second-order valence-corrected chi connectivity index (χ2v) is 9.50. The number of carbonyl (C=O) groups excluding carboxylic acids is 3. The van der Waals surface area contributed by atoms with E-state index in [0.717, 1.165) is 5.56 Å². The average Bonchev–Trinajstić information content (AvgIpc) is 3.21. The highest BCUT2D eigenvalue weighted by Gasteiger charge is 2.54. The Balaban J connectivity index is 1.53. The molecule has 1 atom stereocenters. The van der Waals surface area contributed by atoms with Crippen molar-refractivity contribution in [2.24, 2.45) is 5.92 Å². The minimum Gasteiger partial charge on any atom is -0.353 e. The van der Waals surface area contributed by atoms with Gasteiger partial charge in [-0.25, -0.2) is 0 Å². The number of nitrogens with one attached hydrogen (secondary N) is 1. The van der Waals surface area contributed by atoms with E-state index in [4.69, 9.17) is 4.74 Å². The molecule has 2 fully saturated rings. The Bertz CT molecular complexity index is 1000. The smallest absolute Gasteiger partial charge is 0.256 e. The molecule has 0 radical (unpaired) electrons. The van der Waals surface area contributed by atoms with Gasteiger partial charge in [0.15, 0.2) is 0 Å².